The molecule has 1 saturated heterocycles. The zero-order valence-corrected chi connectivity index (χ0v) is 15.9. The molecule has 3 aromatic carbocycles. The fourth-order valence-electron chi connectivity index (χ4n) is 4.42. The maximum absolute atomic E-state index is 13.3. The van der Waals surface area contributed by atoms with Gasteiger partial charge >= 0.3 is 0 Å². The normalized spacial score (nSPS) is 15.9. The molecule has 2 amide bonds. The summed E-state index contributed by atoms with van der Waals surface area (Å²) in [7, 11) is 0. The van der Waals surface area contributed by atoms with Crippen molar-refractivity contribution in [1.82, 2.24) is 0 Å². The molecule has 0 bridgehead atoms. The number of phenols is 1. The molecule has 2 heterocycles. The molecule has 2 aliphatic heterocycles. The fraction of sp³-hybridized carbons (Fsp3) is 0.182. The molecule has 0 spiro atoms. The van der Waals surface area contributed by atoms with Crippen LogP contribution < -0.4 is 9.80 Å². The van der Waals surface area contributed by atoms with E-state index in [2.05, 4.69) is 0 Å². The van der Waals surface area contributed by atoms with Crippen LogP contribution in [-0.4, -0.2) is 34.9 Å². The number of hydrogen-bond donors (Lipinski definition) is 1. The molecular weight excluding hydrogens is 386 g/mol. The second-order valence-electron chi connectivity index (χ2n) is 7.41. The Morgan fingerprint density at radius 2 is 1.63 bits per heavy atom. The summed E-state index contributed by atoms with van der Waals surface area (Å²) in [6.45, 7) is 1.37. The van der Waals surface area contributed by atoms with Crippen LogP contribution in [0.15, 0.2) is 48.5 Å². The van der Waals surface area contributed by atoms with E-state index in [1.807, 2.05) is 4.90 Å². The summed E-state index contributed by atoms with van der Waals surface area (Å²) >= 11 is 0. The lowest BCUT2D eigenvalue weighted by Crippen LogP contribution is -2.40. The second kappa shape index (κ2) is 6.55. The van der Waals surface area contributed by atoms with Crippen LogP contribution >= 0.6 is 0 Å². The Hall–Kier alpha value is -3.94. The molecule has 3 aromatic rings. The first-order valence-corrected chi connectivity index (χ1v) is 9.65. The van der Waals surface area contributed by atoms with E-state index in [4.69, 9.17) is 0 Å². The highest BCUT2D eigenvalue weighted by molar-refractivity contribution is 6.37. The molecular formula is C22H17N3O5. The number of hydrogen-bond acceptors (Lipinski definition) is 6. The molecule has 0 aliphatic carbocycles. The van der Waals surface area contributed by atoms with E-state index >= 15 is 0 Å². The minimum absolute atomic E-state index is 0.0430. The summed E-state index contributed by atoms with van der Waals surface area (Å²) < 4.78 is 0. The van der Waals surface area contributed by atoms with Crippen LogP contribution in [0.5, 0.6) is 5.75 Å². The summed E-state index contributed by atoms with van der Waals surface area (Å²) in [4.78, 5) is 40.9. The van der Waals surface area contributed by atoms with Crippen LogP contribution in [0.2, 0.25) is 0 Å². The fourth-order valence-corrected chi connectivity index (χ4v) is 4.42. The van der Waals surface area contributed by atoms with Crippen molar-refractivity contribution >= 4 is 39.6 Å². The van der Waals surface area contributed by atoms with Crippen molar-refractivity contribution in [2.24, 2.45) is 0 Å². The summed E-state index contributed by atoms with van der Waals surface area (Å²) in [5.74, 6) is -1.49. The average Bonchev–Trinajstić information content (AvgIpc) is 3.27. The molecule has 8 heteroatoms. The lowest BCUT2D eigenvalue weighted by Gasteiger charge is -2.29. The molecule has 8 nitrogen and oxygen atoms in total. The number of aromatic hydroxyl groups is 1. The molecule has 0 radical (unpaired) electrons. The number of imide groups is 1. The van der Waals surface area contributed by atoms with Crippen LogP contribution in [-0.2, 0) is 0 Å². The standard InChI is InChI=1S/C22H17N3O5/c26-18-9-2-1-8-16(18)24-21(27)14-7-5-6-13-19(14)15(22(24)28)12-17(25(29)30)20(13)23-10-3-4-11-23/h1-2,5-9,12,26H,3-4,10-11H2. The number of anilines is 2. The van der Waals surface area contributed by atoms with Crippen LogP contribution in [0.4, 0.5) is 17.1 Å². The van der Waals surface area contributed by atoms with Gasteiger partial charge in [-0.1, -0.05) is 24.3 Å². The molecule has 1 N–H and O–H groups in total. The first kappa shape index (κ1) is 18.1. The highest BCUT2D eigenvalue weighted by Gasteiger charge is 2.38. The van der Waals surface area contributed by atoms with Gasteiger partial charge in [0.25, 0.3) is 17.5 Å². The van der Waals surface area contributed by atoms with Crippen LogP contribution in [0.1, 0.15) is 33.6 Å². The lowest BCUT2D eigenvalue weighted by atomic mass is 9.91. The number of carbonyl (C=O) groups is 2. The molecule has 0 saturated carbocycles. The lowest BCUT2D eigenvalue weighted by molar-refractivity contribution is -0.384. The number of carbonyl (C=O) groups excluding carboxylic acids is 2. The number of nitro groups is 1. The van der Waals surface area contributed by atoms with Crippen molar-refractivity contribution in [3.05, 3.63) is 69.8 Å². The molecule has 0 atom stereocenters. The quantitative estimate of drug-likeness (QED) is 0.405. The Bertz CT molecular complexity index is 1250. The van der Waals surface area contributed by atoms with Gasteiger partial charge < -0.3 is 10.0 Å². The van der Waals surface area contributed by atoms with Gasteiger partial charge in [0.2, 0.25) is 0 Å². The summed E-state index contributed by atoms with van der Waals surface area (Å²) in [5, 5.41) is 23.1. The Morgan fingerprint density at radius 1 is 0.933 bits per heavy atom. The number of benzene rings is 3. The first-order valence-electron chi connectivity index (χ1n) is 9.65. The number of phenolic OH excluding ortho intramolecular Hbond substituents is 1. The summed E-state index contributed by atoms with van der Waals surface area (Å²) in [6.07, 6.45) is 1.86. The number of nitro benzene ring substituents is 1. The molecule has 30 heavy (non-hydrogen) atoms. The molecule has 0 aromatic heterocycles. The molecule has 5 rings (SSSR count). The van der Waals surface area contributed by atoms with Crippen molar-refractivity contribution in [3.8, 4) is 5.75 Å². The highest BCUT2D eigenvalue weighted by Crippen LogP contribution is 2.44. The summed E-state index contributed by atoms with van der Waals surface area (Å²) in [5.41, 5.74) is 0.700. The third kappa shape index (κ3) is 2.46. The van der Waals surface area contributed by atoms with Gasteiger partial charge in [-0.2, -0.15) is 0 Å². The molecule has 1 fully saturated rings. The smallest absolute Gasteiger partial charge is 0.293 e. The predicted octanol–water partition coefficient (Wildman–Crippen LogP) is 3.85. The Kier molecular flexibility index (Phi) is 3.95. The number of rotatable bonds is 3. The van der Waals surface area contributed by atoms with E-state index in [-0.39, 0.29) is 28.3 Å². The van der Waals surface area contributed by atoms with E-state index in [9.17, 15) is 24.8 Å². The van der Waals surface area contributed by atoms with Crippen molar-refractivity contribution in [1.29, 1.82) is 0 Å². The minimum Gasteiger partial charge on any atom is -0.506 e. The maximum atomic E-state index is 13.3. The van der Waals surface area contributed by atoms with Gasteiger partial charge in [0.1, 0.15) is 11.4 Å². The van der Waals surface area contributed by atoms with E-state index in [0.717, 1.165) is 17.7 Å². The number of para-hydroxylation sites is 2. The SMILES string of the molecule is O=C1c2cccc3c(N4CCCC4)c([N+](=O)[O-])cc(c23)C(=O)N1c1ccccc1O. The van der Waals surface area contributed by atoms with Crippen LogP contribution in [0.25, 0.3) is 10.8 Å². The number of amides is 2. The average molecular weight is 403 g/mol. The largest absolute Gasteiger partial charge is 0.506 e. The first-order chi connectivity index (χ1) is 14.5. The van der Waals surface area contributed by atoms with Gasteiger partial charge in [-0.25, -0.2) is 4.90 Å². The second-order valence-corrected chi connectivity index (χ2v) is 7.41. The van der Waals surface area contributed by atoms with E-state index in [1.165, 1.54) is 18.2 Å². The Morgan fingerprint density at radius 3 is 2.33 bits per heavy atom. The molecule has 150 valence electrons. The third-order valence-electron chi connectivity index (χ3n) is 5.72. The van der Waals surface area contributed by atoms with E-state index < -0.39 is 16.7 Å². The zero-order chi connectivity index (χ0) is 21.0. The zero-order valence-electron chi connectivity index (χ0n) is 15.9. The van der Waals surface area contributed by atoms with Crippen molar-refractivity contribution in [3.63, 3.8) is 0 Å². The van der Waals surface area contributed by atoms with Gasteiger partial charge in [-0.15, -0.1) is 0 Å². The van der Waals surface area contributed by atoms with Crippen molar-refractivity contribution in [2.45, 2.75) is 12.8 Å². The predicted molar refractivity (Wildman–Crippen MR) is 111 cm³/mol. The van der Waals surface area contributed by atoms with E-state index in [0.29, 0.717) is 29.5 Å². The van der Waals surface area contributed by atoms with Crippen molar-refractivity contribution in [2.75, 3.05) is 22.9 Å². The third-order valence-corrected chi connectivity index (χ3v) is 5.72. The number of nitrogens with zero attached hydrogens (tertiary/aromatic N) is 3. The van der Waals surface area contributed by atoms with Crippen LogP contribution in [0.3, 0.4) is 0 Å². The molecule has 2 aliphatic rings. The van der Waals surface area contributed by atoms with Gasteiger partial charge in [0.15, 0.2) is 0 Å². The van der Waals surface area contributed by atoms with Gasteiger partial charge in [-0.3, -0.25) is 19.7 Å². The van der Waals surface area contributed by atoms with E-state index in [1.54, 1.807) is 30.3 Å². The Balaban J connectivity index is 1.82. The highest BCUT2D eigenvalue weighted by atomic mass is 16.6. The summed E-state index contributed by atoms with van der Waals surface area (Å²) in [6, 6.07) is 12.3. The molecule has 0 unspecified atom stereocenters. The Labute approximate surface area is 171 Å². The van der Waals surface area contributed by atoms with Gasteiger partial charge in [0, 0.05) is 35.5 Å². The van der Waals surface area contributed by atoms with Crippen LogP contribution in [0, 0.1) is 10.1 Å². The van der Waals surface area contributed by atoms with Gasteiger partial charge in [-0.05, 0) is 31.0 Å². The maximum Gasteiger partial charge on any atom is 0.293 e. The monoisotopic (exact) mass is 403 g/mol. The topological polar surface area (TPSA) is 104 Å². The minimum atomic E-state index is -0.693. The van der Waals surface area contributed by atoms with Crippen molar-refractivity contribution < 1.29 is 19.6 Å². The van der Waals surface area contributed by atoms with Gasteiger partial charge in [0.05, 0.1) is 16.2 Å².